The summed E-state index contributed by atoms with van der Waals surface area (Å²) in [5.41, 5.74) is 1.46. The van der Waals surface area contributed by atoms with E-state index in [1.54, 1.807) is 43.3 Å². The van der Waals surface area contributed by atoms with Crippen molar-refractivity contribution in [2.45, 2.75) is 19.8 Å². The molecule has 2 aromatic carbocycles. The minimum Gasteiger partial charge on any atom is -0.494 e. The first-order valence-electron chi connectivity index (χ1n) is 12.1. The van der Waals surface area contributed by atoms with Crippen molar-refractivity contribution in [3.63, 3.8) is 0 Å². The van der Waals surface area contributed by atoms with Gasteiger partial charge in [-0.1, -0.05) is 49.4 Å². The van der Waals surface area contributed by atoms with Crippen LogP contribution in [0, 0.1) is 0 Å². The molecule has 1 amide bonds. The first-order valence-corrected chi connectivity index (χ1v) is 13.8. The van der Waals surface area contributed by atoms with Gasteiger partial charge in [-0.3, -0.25) is 9.36 Å². The van der Waals surface area contributed by atoms with E-state index < -0.39 is 15.9 Å². The highest BCUT2D eigenvalue weighted by Crippen LogP contribution is 2.36. The number of hydrogen-bond acceptors (Lipinski definition) is 9. The molecule has 2 aromatic heterocycles. The maximum absolute atomic E-state index is 13.4. The fourth-order valence-electron chi connectivity index (χ4n) is 4.06. The van der Waals surface area contributed by atoms with E-state index in [0.717, 1.165) is 5.56 Å². The van der Waals surface area contributed by atoms with Crippen LogP contribution in [0.15, 0.2) is 66.7 Å². The summed E-state index contributed by atoms with van der Waals surface area (Å²) in [5.74, 6) is -0.754. The molecule has 0 saturated carbocycles. The van der Waals surface area contributed by atoms with Crippen molar-refractivity contribution in [2.75, 3.05) is 26.6 Å². The highest BCUT2D eigenvalue weighted by Gasteiger charge is 2.29. The van der Waals surface area contributed by atoms with Crippen LogP contribution in [0.2, 0.25) is 0 Å². The summed E-state index contributed by atoms with van der Waals surface area (Å²) in [6.07, 6.45) is 0. The van der Waals surface area contributed by atoms with Crippen molar-refractivity contribution in [1.29, 1.82) is 0 Å². The number of para-hydroxylation sites is 1. The zero-order chi connectivity index (χ0) is 28.0. The second-order valence-corrected chi connectivity index (χ2v) is 10.3. The molecule has 0 aliphatic carbocycles. The number of pyridine rings is 1. The molecule has 0 radical (unpaired) electrons. The molecule has 0 aliphatic rings. The van der Waals surface area contributed by atoms with Gasteiger partial charge >= 0.3 is 5.91 Å². The highest BCUT2D eigenvalue weighted by atomic mass is 32.2. The zero-order valence-corrected chi connectivity index (χ0v) is 22.8. The van der Waals surface area contributed by atoms with Crippen LogP contribution >= 0.6 is 0 Å². The van der Waals surface area contributed by atoms with Gasteiger partial charge < -0.3 is 14.2 Å². The minimum atomic E-state index is -4.05. The van der Waals surface area contributed by atoms with E-state index in [4.69, 9.17) is 14.2 Å². The van der Waals surface area contributed by atoms with Crippen LogP contribution in [0.25, 0.3) is 17.2 Å². The largest absolute Gasteiger partial charge is 0.494 e. The molecule has 0 saturated heterocycles. The third-order valence-corrected chi connectivity index (χ3v) is 7.26. The molecule has 1 atom stereocenters. The predicted molar refractivity (Wildman–Crippen MR) is 145 cm³/mol. The van der Waals surface area contributed by atoms with Crippen molar-refractivity contribution in [3.05, 3.63) is 78.1 Å². The average Bonchev–Trinajstić information content (AvgIpc) is 3.38. The molecule has 4 aromatic rings. The van der Waals surface area contributed by atoms with E-state index >= 15 is 0 Å². The van der Waals surface area contributed by atoms with Gasteiger partial charge in [0.25, 0.3) is 0 Å². The third-order valence-electron chi connectivity index (χ3n) is 5.82. The molecule has 11 nitrogen and oxygen atoms in total. The summed E-state index contributed by atoms with van der Waals surface area (Å²) in [7, 11) is -1.13. The molecule has 1 N–H and O–H groups in total. The monoisotopic (exact) mass is 551 g/mol. The molecule has 4 rings (SSSR count). The Morgan fingerprint density at radius 1 is 0.949 bits per heavy atom. The maximum Gasteiger partial charge on any atom is 0.303 e. The van der Waals surface area contributed by atoms with Crippen LogP contribution in [-0.2, 0) is 10.0 Å². The van der Waals surface area contributed by atoms with E-state index in [-0.39, 0.29) is 23.3 Å². The number of nitrogens with one attached hydrogen (secondary N) is 1. The SMILES string of the molecule is CCOc1cccc(-c2nnc(C(=O)NS(=O)(=O)C[C@H](C)c3ccccc3)n2-c2c(OC)cccc2OC)n1. The predicted octanol–water partition coefficient (Wildman–Crippen LogP) is 3.61. The summed E-state index contributed by atoms with van der Waals surface area (Å²) < 4.78 is 46.2. The van der Waals surface area contributed by atoms with Gasteiger partial charge in [0.1, 0.15) is 22.9 Å². The van der Waals surface area contributed by atoms with Gasteiger partial charge in [-0.05, 0) is 36.6 Å². The molecule has 0 spiro atoms. The normalized spacial score (nSPS) is 12.0. The lowest BCUT2D eigenvalue weighted by Gasteiger charge is -2.17. The van der Waals surface area contributed by atoms with Gasteiger partial charge in [-0.15, -0.1) is 10.2 Å². The number of ether oxygens (including phenoxy) is 3. The van der Waals surface area contributed by atoms with Crippen molar-refractivity contribution in [3.8, 4) is 34.6 Å². The molecule has 0 fully saturated rings. The molecular formula is C27H29N5O6S. The van der Waals surface area contributed by atoms with Crippen LogP contribution in [0.1, 0.15) is 35.9 Å². The lowest BCUT2D eigenvalue weighted by molar-refractivity contribution is 0.0969. The summed E-state index contributed by atoms with van der Waals surface area (Å²) >= 11 is 0. The number of benzene rings is 2. The quantitative estimate of drug-likeness (QED) is 0.297. The van der Waals surface area contributed by atoms with Crippen molar-refractivity contribution in [1.82, 2.24) is 24.5 Å². The molecule has 39 heavy (non-hydrogen) atoms. The van der Waals surface area contributed by atoms with E-state index in [9.17, 15) is 13.2 Å². The van der Waals surface area contributed by atoms with Gasteiger partial charge in [-0.25, -0.2) is 18.1 Å². The summed E-state index contributed by atoms with van der Waals surface area (Å²) in [5, 5.41) is 8.26. The van der Waals surface area contributed by atoms with Crippen LogP contribution in [0.5, 0.6) is 17.4 Å². The standard InChI is InChI=1S/C27H29N5O6S/c1-5-38-23-16-9-13-20(28-23)25-29-30-26(32(25)24-21(36-3)14-10-15-22(24)37-4)27(33)31-39(34,35)17-18(2)19-11-7-6-8-12-19/h6-16,18H,5,17H2,1-4H3,(H,31,33)/t18-/m0/s1. The maximum atomic E-state index is 13.4. The van der Waals surface area contributed by atoms with Crippen LogP contribution < -0.4 is 18.9 Å². The molecule has 0 aliphatic heterocycles. The summed E-state index contributed by atoms with van der Waals surface area (Å²) in [6, 6.07) is 19.3. The number of aromatic nitrogens is 4. The Kier molecular flexibility index (Phi) is 8.45. The van der Waals surface area contributed by atoms with E-state index in [2.05, 4.69) is 19.9 Å². The van der Waals surface area contributed by atoms with Crippen molar-refractivity contribution < 1.29 is 27.4 Å². The summed E-state index contributed by atoms with van der Waals surface area (Å²) in [6.45, 7) is 4.00. The van der Waals surface area contributed by atoms with E-state index in [0.29, 0.717) is 35.4 Å². The second-order valence-electron chi connectivity index (χ2n) is 8.51. The Labute approximate surface area is 226 Å². The Morgan fingerprint density at radius 3 is 2.26 bits per heavy atom. The van der Waals surface area contributed by atoms with Crippen LogP contribution in [0.4, 0.5) is 0 Å². The first kappa shape index (κ1) is 27.6. The van der Waals surface area contributed by atoms with Crippen molar-refractivity contribution >= 4 is 15.9 Å². The topological polar surface area (TPSA) is 135 Å². The van der Waals surface area contributed by atoms with E-state index in [1.165, 1.54) is 18.8 Å². The van der Waals surface area contributed by atoms with Gasteiger partial charge in [0.15, 0.2) is 5.82 Å². The number of nitrogens with zero attached hydrogens (tertiary/aromatic N) is 4. The Bertz CT molecular complexity index is 1530. The zero-order valence-electron chi connectivity index (χ0n) is 22.0. The second kappa shape index (κ2) is 11.9. The average molecular weight is 552 g/mol. The fraction of sp³-hybridized carbons (Fsp3) is 0.259. The van der Waals surface area contributed by atoms with Crippen LogP contribution in [0.3, 0.4) is 0 Å². The fourth-order valence-corrected chi connectivity index (χ4v) is 5.37. The Hall–Kier alpha value is -4.45. The van der Waals surface area contributed by atoms with Gasteiger partial charge in [0, 0.05) is 6.07 Å². The number of rotatable bonds is 11. The van der Waals surface area contributed by atoms with E-state index in [1.807, 2.05) is 37.3 Å². The molecule has 12 heteroatoms. The van der Waals surface area contributed by atoms with Gasteiger partial charge in [0.2, 0.25) is 21.7 Å². The first-order chi connectivity index (χ1) is 18.8. The number of hydrogen-bond donors (Lipinski definition) is 1. The lowest BCUT2D eigenvalue weighted by Crippen LogP contribution is -2.35. The number of amides is 1. The van der Waals surface area contributed by atoms with Gasteiger partial charge in [-0.2, -0.15) is 0 Å². The molecular weight excluding hydrogens is 522 g/mol. The van der Waals surface area contributed by atoms with Crippen molar-refractivity contribution in [2.24, 2.45) is 0 Å². The molecule has 204 valence electrons. The van der Waals surface area contributed by atoms with Gasteiger partial charge in [0.05, 0.1) is 26.6 Å². The number of methoxy groups -OCH3 is 2. The number of carbonyl (C=O) groups excluding carboxylic acids is 1. The Morgan fingerprint density at radius 2 is 1.62 bits per heavy atom. The minimum absolute atomic E-state index is 0.152. The smallest absolute Gasteiger partial charge is 0.303 e. The number of carbonyl (C=O) groups is 1. The molecule has 2 heterocycles. The molecule has 0 bridgehead atoms. The lowest BCUT2D eigenvalue weighted by atomic mass is 10.0. The molecule has 0 unspecified atom stereocenters. The van der Waals surface area contributed by atoms with Crippen LogP contribution in [-0.4, -0.2) is 60.7 Å². The number of sulfonamides is 1. The highest BCUT2D eigenvalue weighted by molar-refractivity contribution is 7.90. The Balaban J connectivity index is 1.79. The third kappa shape index (κ3) is 6.17. The summed E-state index contributed by atoms with van der Waals surface area (Å²) in [4.78, 5) is 17.9.